The highest BCUT2D eigenvalue weighted by molar-refractivity contribution is 7.99. The molecule has 0 saturated heterocycles. The van der Waals surface area contributed by atoms with Gasteiger partial charge in [0.2, 0.25) is 0 Å². The number of aliphatic hydroxyl groups excluding tert-OH is 1. The summed E-state index contributed by atoms with van der Waals surface area (Å²) >= 11 is 1.36. The summed E-state index contributed by atoms with van der Waals surface area (Å²) in [5.74, 6) is 0.670. The van der Waals surface area contributed by atoms with E-state index in [-0.39, 0.29) is 24.1 Å². The number of phenolic OH excluding ortho intramolecular Hbond substituents is 2. The van der Waals surface area contributed by atoms with Gasteiger partial charge < -0.3 is 21.1 Å². The Morgan fingerprint density at radius 1 is 1.28 bits per heavy atom. The highest BCUT2D eigenvalue weighted by Gasteiger charge is 2.28. The average Bonchev–Trinajstić information content (AvgIpc) is 3.38. The van der Waals surface area contributed by atoms with E-state index in [1.165, 1.54) is 17.8 Å². The summed E-state index contributed by atoms with van der Waals surface area (Å²) in [5.41, 5.74) is 8.92. The molecule has 130 valence electrons. The van der Waals surface area contributed by atoms with Crippen molar-refractivity contribution >= 4 is 30.0 Å². The zero-order valence-electron chi connectivity index (χ0n) is 13.5. The lowest BCUT2D eigenvalue weighted by Crippen LogP contribution is -2.07. The number of rotatable bonds is 6. The number of nitrogen functional groups attached to an aromatic ring is 1. The molecular weight excluding hydrogens is 340 g/mol. The second-order valence-corrected chi connectivity index (χ2v) is 6.53. The largest absolute Gasteiger partial charge is 0.508 e. The number of pyridine rings is 1. The van der Waals surface area contributed by atoms with Gasteiger partial charge in [-0.3, -0.25) is 9.98 Å². The number of benzene rings is 1. The molecule has 0 saturated carbocycles. The zero-order valence-corrected chi connectivity index (χ0v) is 14.4. The summed E-state index contributed by atoms with van der Waals surface area (Å²) in [6, 6.07) is 4.19. The minimum Gasteiger partial charge on any atom is -0.508 e. The van der Waals surface area contributed by atoms with Crippen molar-refractivity contribution in [2.24, 2.45) is 9.98 Å². The Bertz CT molecular complexity index is 841. The number of phenols is 2. The molecule has 0 amide bonds. The number of aliphatic imine (C=N–C) groups is 2. The minimum atomic E-state index is -0.173. The second-order valence-electron chi connectivity index (χ2n) is 5.44. The summed E-state index contributed by atoms with van der Waals surface area (Å²) in [6.07, 6.45) is 3.42. The Balaban J connectivity index is 2.29. The van der Waals surface area contributed by atoms with Crippen LogP contribution in [0.1, 0.15) is 17.2 Å². The number of anilines is 1. The van der Waals surface area contributed by atoms with Crippen molar-refractivity contribution in [1.29, 1.82) is 0 Å². The molecule has 0 radical (unpaired) electrons. The highest BCUT2D eigenvalue weighted by atomic mass is 32.2. The van der Waals surface area contributed by atoms with Crippen LogP contribution in [0.25, 0.3) is 11.1 Å². The number of aliphatic hydroxyl groups is 1. The third-order valence-electron chi connectivity index (χ3n) is 3.64. The van der Waals surface area contributed by atoms with Crippen molar-refractivity contribution in [2.45, 2.75) is 11.1 Å². The Morgan fingerprint density at radius 3 is 2.52 bits per heavy atom. The maximum absolute atomic E-state index is 9.89. The van der Waals surface area contributed by atoms with Gasteiger partial charge in [-0.25, -0.2) is 4.98 Å². The number of aromatic nitrogens is 1. The van der Waals surface area contributed by atoms with Crippen LogP contribution in [0.2, 0.25) is 0 Å². The molecule has 0 bridgehead atoms. The van der Waals surface area contributed by atoms with Crippen LogP contribution in [0.15, 0.2) is 33.2 Å². The van der Waals surface area contributed by atoms with Crippen LogP contribution < -0.4 is 5.73 Å². The van der Waals surface area contributed by atoms with E-state index >= 15 is 0 Å². The van der Waals surface area contributed by atoms with E-state index in [2.05, 4.69) is 15.0 Å². The van der Waals surface area contributed by atoms with E-state index in [9.17, 15) is 10.2 Å². The van der Waals surface area contributed by atoms with Crippen LogP contribution in [0, 0.1) is 0 Å². The molecular formula is C17H18N4O3S. The van der Waals surface area contributed by atoms with Crippen molar-refractivity contribution in [3.8, 4) is 22.6 Å². The van der Waals surface area contributed by atoms with Gasteiger partial charge in [0.15, 0.2) is 0 Å². The van der Waals surface area contributed by atoms with Crippen LogP contribution >= 0.6 is 11.8 Å². The molecule has 1 aliphatic heterocycles. The Hall–Kier alpha value is -2.58. The number of aromatic hydroxyl groups is 2. The molecule has 0 spiro atoms. The summed E-state index contributed by atoms with van der Waals surface area (Å²) in [7, 11) is 1.65. The Kier molecular flexibility index (Phi) is 4.91. The van der Waals surface area contributed by atoms with Crippen molar-refractivity contribution in [3.05, 3.63) is 29.3 Å². The predicted molar refractivity (Wildman–Crippen MR) is 100.0 cm³/mol. The van der Waals surface area contributed by atoms with Crippen LogP contribution in [-0.4, -0.2) is 52.1 Å². The van der Waals surface area contributed by atoms with Gasteiger partial charge >= 0.3 is 0 Å². The van der Waals surface area contributed by atoms with E-state index < -0.39 is 0 Å². The third kappa shape index (κ3) is 3.59. The minimum absolute atomic E-state index is 0.00466. The fraction of sp³-hybridized carbons (Fsp3) is 0.235. The monoisotopic (exact) mass is 358 g/mol. The molecule has 3 rings (SSSR count). The molecule has 0 fully saturated rings. The normalized spacial score (nSPS) is 15.8. The summed E-state index contributed by atoms with van der Waals surface area (Å²) in [6.45, 7) is 0.00466. The van der Waals surface area contributed by atoms with E-state index in [0.717, 1.165) is 0 Å². The van der Waals surface area contributed by atoms with Gasteiger partial charge in [-0.05, 0) is 17.7 Å². The SMILES string of the molecule is CN=Cc1c(SCCO)nc(N)c(C2C=N2)c1-c1cc(O)cc(O)c1. The molecule has 7 nitrogen and oxygen atoms in total. The molecule has 1 aromatic carbocycles. The van der Waals surface area contributed by atoms with Crippen molar-refractivity contribution in [2.75, 3.05) is 25.1 Å². The first kappa shape index (κ1) is 17.2. The molecule has 25 heavy (non-hydrogen) atoms. The van der Waals surface area contributed by atoms with Crippen LogP contribution in [-0.2, 0) is 0 Å². The number of nitrogens with two attached hydrogens (primary N) is 1. The molecule has 1 aliphatic rings. The van der Waals surface area contributed by atoms with Gasteiger partial charge in [0.05, 0.1) is 6.61 Å². The number of hydrogen-bond acceptors (Lipinski definition) is 8. The Labute approximate surface area is 149 Å². The standard InChI is InChI=1S/C17H18N4O3S/c1-19-7-12-14(9-4-10(23)6-11(24)5-9)15(13-8-20-13)16(18)21-17(12)25-3-2-22/h4-8,13,22-24H,2-3H2,1H3,(H2,18,21). The first-order chi connectivity index (χ1) is 12.0. The zero-order chi connectivity index (χ0) is 18.0. The summed E-state index contributed by atoms with van der Waals surface area (Å²) in [5, 5.41) is 29.5. The topological polar surface area (TPSA) is 124 Å². The molecule has 8 heteroatoms. The summed E-state index contributed by atoms with van der Waals surface area (Å²) < 4.78 is 0. The number of nitrogens with zero attached hydrogens (tertiary/aromatic N) is 3. The number of thioether (sulfide) groups is 1. The van der Waals surface area contributed by atoms with Crippen molar-refractivity contribution in [1.82, 2.24) is 4.98 Å². The molecule has 5 N–H and O–H groups in total. The maximum Gasteiger partial charge on any atom is 0.131 e. The van der Waals surface area contributed by atoms with E-state index in [1.807, 2.05) is 0 Å². The smallest absolute Gasteiger partial charge is 0.131 e. The molecule has 2 heterocycles. The highest BCUT2D eigenvalue weighted by Crippen LogP contribution is 2.43. The van der Waals surface area contributed by atoms with Crippen LogP contribution in [0.3, 0.4) is 0 Å². The second kappa shape index (κ2) is 7.12. The van der Waals surface area contributed by atoms with Gasteiger partial charge in [-0.15, -0.1) is 11.8 Å². The fourth-order valence-corrected chi connectivity index (χ4v) is 3.41. The average molecular weight is 358 g/mol. The van der Waals surface area contributed by atoms with Crippen LogP contribution in [0.4, 0.5) is 5.82 Å². The van der Waals surface area contributed by atoms with Gasteiger partial charge in [-0.1, -0.05) is 0 Å². The molecule has 1 unspecified atom stereocenters. The predicted octanol–water partition coefficient (Wildman–Crippen LogP) is 2.00. The lowest BCUT2D eigenvalue weighted by Gasteiger charge is -2.17. The van der Waals surface area contributed by atoms with Crippen molar-refractivity contribution < 1.29 is 15.3 Å². The van der Waals surface area contributed by atoms with Gasteiger partial charge in [0.1, 0.15) is 28.4 Å². The van der Waals surface area contributed by atoms with E-state index in [4.69, 9.17) is 10.8 Å². The molecule has 1 aromatic heterocycles. The van der Waals surface area contributed by atoms with E-state index in [1.54, 1.807) is 31.6 Å². The maximum atomic E-state index is 9.89. The molecule has 0 aliphatic carbocycles. The Morgan fingerprint density at radius 2 is 1.96 bits per heavy atom. The first-order valence-electron chi connectivity index (χ1n) is 7.61. The lowest BCUT2D eigenvalue weighted by molar-refractivity contribution is 0.322. The molecule has 2 aromatic rings. The molecule has 1 atom stereocenters. The fourth-order valence-electron chi connectivity index (χ4n) is 2.65. The summed E-state index contributed by atoms with van der Waals surface area (Å²) in [4.78, 5) is 12.8. The first-order valence-corrected chi connectivity index (χ1v) is 8.59. The van der Waals surface area contributed by atoms with Gasteiger partial charge in [0.25, 0.3) is 0 Å². The van der Waals surface area contributed by atoms with Gasteiger partial charge in [0, 0.05) is 48.0 Å². The number of hydrogen-bond donors (Lipinski definition) is 4. The lowest BCUT2D eigenvalue weighted by atomic mass is 9.93. The van der Waals surface area contributed by atoms with Gasteiger partial charge in [-0.2, -0.15) is 0 Å². The van der Waals surface area contributed by atoms with E-state index in [0.29, 0.717) is 38.9 Å². The van der Waals surface area contributed by atoms with Crippen LogP contribution in [0.5, 0.6) is 11.5 Å². The van der Waals surface area contributed by atoms with Crippen molar-refractivity contribution in [3.63, 3.8) is 0 Å². The quantitative estimate of drug-likeness (QED) is 0.462. The third-order valence-corrected chi connectivity index (χ3v) is 4.61.